The minimum atomic E-state index is -0.977. The van der Waals surface area contributed by atoms with Crippen molar-refractivity contribution in [2.75, 3.05) is 0 Å². The van der Waals surface area contributed by atoms with Gasteiger partial charge in [-0.1, -0.05) is 32.0 Å². The number of aryl methyl sites for hydroxylation is 2. The van der Waals surface area contributed by atoms with Gasteiger partial charge in [0, 0.05) is 23.5 Å². The fraction of sp³-hybridized carbons (Fsp3) is 0.444. The number of para-hydroxylation sites is 1. The molecule has 0 fully saturated rings. The van der Waals surface area contributed by atoms with E-state index in [1.165, 1.54) is 5.56 Å². The van der Waals surface area contributed by atoms with Crippen LogP contribution in [0.3, 0.4) is 0 Å². The van der Waals surface area contributed by atoms with Crippen molar-refractivity contribution in [3.05, 3.63) is 35.5 Å². The van der Waals surface area contributed by atoms with Gasteiger partial charge in [0.2, 0.25) is 5.91 Å². The van der Waals surface area contributed by atoms with E-state index >= 15 is 0 Å². The molecular weight excluding hydrogens is 292 g/mol. The Morgan fingerprint density at radius 3 is 2.70 bits per heavy atom. The zero-order valence-corrected chi connectivity index (χ0v) is 13.8. The van der Waals surface area contributed by atoms with Crippen LogP contribution < -0.4 is 5.32 Å². The van der Waals surface area contributed by atoms with E-state index in [2.05, 4.69) is 10.3 Å². The Morgan fingerprint density at radius 1 is 1.30 bits per heavy atom. The van der Waals surface area contributed by atoms with Gasteiger partial charge in [-0.25, -0.2) is 4.79 Å². The van der Waals surface area contributed by atoms with E-state index in [-0.39, 0.29) is 18.2 Å². The normalized spacial score (nSPS) is 12.5. The molecular formula is C18H24N2O3. The number of fused-ring (bicyclic) bond motifs is 1. The number of carboxylic acid groups (broad SMARTS) is 1. The SMILES string of the molecule is Cc1cccc2c(CCC(=O)N[C@@H](CC(C)C)C(=O)O)c[nH]c12. The van der Waals surface area contributed by atoms with Gasteiger partial charge in [-0.15, -0.1) is 0 Å². The van der Waals surface area contributed by atoms with Crippen molar-refractivity contribution in [3.8, 4) is 0 Å². The van der Waals surface area contributed by atoms with Crippen LogP contribution >= 0.6 is 0 Å². The molecule has 124 valence electrons. The number of carbonyl (C=O) groups excluding carboxylic acids is 1. The fourth-order valence-corrected chi connectivity index (χ4v) is 2.78. The summed E-state index contributed by atoms with van der Waals surface area (Å²) in [7, 11) is 0. The zero-order chi connectivity index (χ0) is 17.0. The molecule has 1 heterocycles. The van der Waals surface area contributed by atoms with Gasteiger partial charge in [-0.3, -0.25) is 4.79 Å². The highest BCUT2D eigenvalue weighted by Gasteiger charge is 2.21. The maximum atomic E-state index is 12.1. The van der Waals surface area contributed by atoms with Crippen LogP contribution in [0.5, 0.6) is 0 Å². The van der Waals surface area contributed by atoms with E-state index in [9.17, 15) is 14.7 Å². The van der Waals surface area contributed by atoms with Crippen molar-refractivity contribution < 1.29 is 14.7 Å². The summed E-state index contributed by atoms with van der Waals surface area (Å²) in [5, 5.41) is 12.9. The van der Waals surface area contributed by atoms with Crippen molar-refractivity contribution in [1.29, 1.82) is 0 Å². The number of aromatic nitrogens is 1. The Hall–Kier alpha value is -2.30. The first-order valence-electron chi connectivity index (χ1n) is 7.96. The third kappa shape index (κ3) is 4.34. The molecule has 0 aliphatic heterocycles. The molecule has 1 amide bonds. The highest BCUT2D eigenvalue weighted by molar-refractivity contribution is 5.87. The summed E-state index contributed by atoms with van der Waals surface area (Å²) in [6, 6.07) is 5.26. The average Bonchev–Trinajstić information content (AvgIpc) is 2.88. The molecule has 0 unspecified atom stereocenters. The largest absolute Gasteiger partial charge is 0.480 e. The van der Waals surface area contributed by atoms with Crippen LogP contribution in [0.2, 0.25) is 0 Å². The summed E-state index contributed by atoms with van der Waals surface area (Å²) in [6.45, 7) is 5.92. The molecule has 0 radical (unpaired) electrons. The lowest BCUT2D eigenvalue weighted by Gasteiger charge is -2.16. The molecule has 0 saturated carbocycles. The minimum Gasteiger partial charge on any atom is -0.480 e. The maximum Gasteiger partial charge on any atom is 0.326 e. The molecule has 1 atom stereocenters. The molecule has 23 heavy (non-hydrogen) atoms. The van der Waals surface area contributed by atoms with E-state index < -0.39 is 12.0 Å². The highest BCUT2D eigenvalue weighted by Crippen LogP contribution is 2.22. The summed E-state index contributed by atoms with van der Waals surface area (Å²) in [6.07, 6.45) is 3.23. The van der Waals surface area contributed by atoms with Gasteiger partial charge in [0.25, 0.3) is 0 Å². The Morgan fingerprint density at radius 2 is 2.04 bits per heavy atom. The standard InChI is InChI=1S/C18H24N2O3/c1-11(2)9-15(18(22)23)20-16(21)8-7-13-10-19-17-12(3)5-4-6-14(13)17/h4-6,10-11,15,19H,7-9H2,1-3H3,(H,20,21)(H,22,23)/t15-/m0/s1. The van der Waals surface area contributed by atoms with Gasteiger partial charge in [0.15, 0.2) is 0 Å². The molecule has 5 nitrogen and oxygen atoms in total. The van der Waals surface area contributed by atoms with Crippen LogP contribution in [0.1, 0.15) is 37.8 Å². The number of carbonyl (C=O) groups is 2. The second kappa shape index (κ2) is 7.31. The predicted octanol–water partition coefficient (Wildman–Crippen LogP) is 3.02. The van der Waals surface area contributed by atoms with Crippen LogP contribution in [0, 0.1) is 12.8 Å². The lowest BCUT2D eigenvalue weighted by atomic mass is 10.0. The quantitative estimate of drug-likeness (QED) is 0.734. The summed E-state index contributed by atoms with van der Waals surface area (Å²) < 4.78 is 0. The maximum absolute atomic E-state index is 12.1. The molecule has 3 N–H and O–H groups in total. The lowest BCUT2D eigenvalue weighted by molar-refractivity contribution is -0.142. The van der Waals surface area contributed by atoms with Crippen molar-refractivity contribution in [3.63, 3.8) is 0 Å². The number of aromatic amines is 1. The van der Waals surface area contributed by atoms with Crippen molar-refractivity contribution in [2.45, 2.75) is 46.1 Å². The summed E-state index contributed by atoms with van der Waals surface area (Å²) in [4.78, 5) is 26.5. The number of hydrogen-bond acceptors (Lipinski definition) is 2. The number of aliphatic carboxylic acids is 1. The summed E-state index contributed by atoms with van der Waals surface area (Å²) >= 11 is 0. The minimum absolute atomic E-state index is 0.216. The first-order chi connectivity index (χ1) is 10.9. The molecule has 0 aliphatic carbocycles. The van der Waals surface area contributed by atoms with E-state index in [1.54, 1.807) is 0 Å². The first-order valence-corrected chi connectivity index (χ1v) is 7.96. The number of carboxylic acids is 1. The number of H-pyrrole nitrogens is 1. The second-order valence-electron chi connectivity index (χ2n) is 6.40. The average molecular weight is 316 g/mol. The van der Waals surface area contributed by atoms with Crippen molar-refractivity contribution in [2.24, 2.45) is 5.92 Å². The van der Waals surface area contributed by atoms with Gasteiger partial charge in [0.1, 0.15) is 6.04 Å². The number of hydrogen-bond donors (Lipinski definition) is 3. The Bertz CT molecular complexity index is 703. The number of benzene rings is 1. The fourth-order valence-electron chi connectivity index (χ4n) is 2.78. The second-order valence-corrected chi connectivity index (χ2v) is 6.40. The number of nitrogens with one attached hydrogen (secondary N) is 2. The van der Waals surface area contributed by atoms with Crippen LogP contribution in [0.4, 0.5) is 0 Å². The third-order valence-electron chi connectivity index (χ3n) is 3.97. The van der Waals surface area contributed by atoms with E-state index in [0.717, 1.165) is 16.5 Å². The van der Waals surface area contributed by atoms with Crippen molar-refractivity contribution in [1.82, 2.24) is 10.3 Å². The van der Waals surface area contributed by atoms with Gasteiger partial charge >= 0.3 is 5.97 Å². The molecule has 0 spiro atoms. The molecule has 0 aliphatic rings. The molecule has 1 aromatic heterocycles. The Kier molecular flexibility index (Phi) is 5.42. The van der Waals surface area contributed by atoms with Gasteiger partial charge in [0.05, 0.1) is 0 Å². The summed E-state index contributed by atoms with van der Waals surface area (Å²) in [5.74, 6) is -0.984. The Balaban J connectivity index is 1.98. The lowest BCUT2D eigenvalue weighted by Crippen LogP contribution is -2.41. The number of amides is 1. The zero-order valence-electron chi connectivity index (χ0n) is 13.8. The molecule has 5 heteroatoms. The van der Waals surface area contributed by atoms with E-state index in [0.29, 0.717) is 12.8 Å². The molecule has 0 saturated heterocycles. The van der Waals surface area contributed by atoms with E-state index in [1.807, 2.05) is 45.2 Å². The highest BCUT2D eigenvalue weighted by atomic mass is 16.4. The van der Waals surface area contributed by atoms with E-state index in [4.69, 9.17) is 0 Å². The van der Waals surface area contributed by atoms with Gasteiger partial charge < -0.3 is 15.4 Å². The van der Waals surface area contributed by atoms with Gasteiger partial charge in [-0.2, -0.15) is 0 Å². The Labute approximate surface area is 136 Å². The number of rotatable bonds is 7. The summed E-state index contributed by atoms with van der Waals surface area (Å²) in [5.41, 5.74) is 3.33. The van der Waals surface area contributed by atoms with Crippen LogP contribution in [-0.2, 0) is 16.0 Å². The van der Waals surface area contributed by atoms with Crippen LogP contribution in [-0.4, -0.2) is 28.0 Å². The first kappa shape index (κ1) is 17.1. The van der Waals surface area contributed by atoms with Crippen LogP contribution in [0.15, 0.2) is 24.4 Å². The smallest absolute Gasteiger partial charge is 0.326 e. The van der Waals surface area contributed by atoms with Crippen LogP contribution in [0.25, 0.3) is 10.9 Å². The molecule has 0 bridgehead atoms. The molecule has 2 aromatic rings. The third-order valence-corrected chi connectivity index (χ3v) is 3.97. The molecule has 1 aromatic carbocycles. The topological polar surface area (TPSA) is 82.2 Å². The van der Waals surface area contributed by atoms with Gasteiger partial charge in [-0.05, 0) is 36.8 Å². The predicted molar refractivity (Wildman–Crippen MR) is 90.4 cm³/mol. The van der Waals surface area contributed by atoms with Crippen molar-refractivity contribution >= 4 is 22.8 Å². The molecule has 2 rings (SSSR count). The monoisotopic (exact) mass is 316 g/mol.